The topological polar surface area (TPSA) is 64.1 Å². The fourth-order valence-electron chi connectivity index (χ4n) is 1.43. The van der Waals surface area contributed by atoms with Gasteiger partial charge in [-0.2, -0.15) is 0 Å². The number of aryl methyl sites for hydroxylation is 2. The van der Waals surface area contributed by atoms with E-state index < -0.39 is 5.60 Å². The molecule has 0 aromatic carbocycles. The minimum atomic E-state index is -0.480. The molecule has 96 valence electrons. The van der Waals surface area contributed by atoms with Crippen molar-refractivity contribution in [1.29, 1.82) is 0 Å². The molecule has 1 aromatic rings. The summed E-state index contributed by atoms with van der Waals surface area (Å²) < 4.78 is 6.60. The summed E-state index contributed by atoms with van der Waals surface area (Å²) in [6, 6.07) is 1.55. The zero-order valence-electron chi connectivity index (χ0n) is 10.9. The van der Waals surface area contributed by atoms with Crippen molar-refractivity contribution >= 4 is 5.97 Å². The van der Waals surface area contributed by atoms with Crippen LogP contribution >= 0.6 is 0 Å². The van der Waals surface area contributed by atoms with Gasteiger partial charge >= 0.3 is 5.97 Å². The second-order valence-electron chi connectivity index (χ2n) is 4.96. The van der Waals surface area contributed by atoms with Crippen LogP contribution in [0, 0.1) is 0 Å². The zero-order valence-corrected chi connectivity index (χ0v) is 10.9. The van der Waals surface area contributed by atoms with E-state index in [1.807, 2.05) is 27.7 Å². The summed E-state index contributed by atoms with van der Waals surface area (Å²) >= 11 is 0. The molecule has 0 aliphatic heterocycles. The van der Waals surface area contributed by atoms with Crippen molar-refractivity contribution in [3.63, 3.8) is 0 Å². The molecule has 0 saturated heterocycles. The summed E-state index contributed by atoms with van der Waals surface area (Å²) in [5.74, 6) is -0.294. The number of rotatable bonds is 4. The Balaban J connectivity index is 2.53. The van der Waals surface area contributed by atoms with Crippen molar-refractivity contribution in [3.05, 3.63) is 22.1 Å². The molecule has 0 radical (unpaired) electrons. The maximum Gasteiger partial charge on any atom is 0.308 e. The lowest BCUT2D eigenvalue weighted by atomic mass is 10.2. The van der Waals surface area contributed by atoms with E-state index in [4.69, 9.17) is 4.74 Å². The zero-order chi connectivity index (χ0) is 13.1. The Bertz CT molecular complexity index is 437. The van der Waals surface area contributed by atoms with Crippen LogP contribution in [0.2, 0.25) is 0 Å². The highest BCUT2D eigenvalue weighted by Crippen LogP contribution is 2.08. The number of hydrogen-bond acceptors (Lipinski definition) is 3. The van der Waals surface area contributed by atoms with Crippen molar-refractivity contribution in [3.8, 4) is 0 Å². The molecule has 0 fully saturated rings. The van der Waals surface area contributed by atoms with Crippen LogP contribution in [0.15, 0.2) is 10.9 Å². The molecule has 0 aliphatic carbocycles. The molecule has 17 heavy (non-hydrogen) atoms. The first-order chi connectivity index (χ1) is 7.81. The Morgan fingerprint density at radius 2 is 2.12 bits per heavy atom. The smallest absolute Gasteiger partial charge is 0.308 e. The number of esters is 1. The van der Waals surface area contributed by atoms with E-state index in [9.17, 15) is 9.59 Å². The Labute approximate surface area is 101 Å². The lowest BCUT2D eigenvalue weighted by molar-refractivity contribution is -0.155. The molecule has 0 saturated carbocycles. The second kappa shape index (κ2) is 5.21. The van der Waals surface area contributed by atoms with Gasteiger partial charge in [-0.3, -0.25) is 19.4 Å². The number of aromatic nitrogens is 2. The van der Waals surface area contributed by atoms with Crippen LogP contribution < -0.4 is 5.56 Å². The van der Waals surface area contributed by atoms with Crippen LogP contribution in [0.1, 0.15) is 39.8 Å². The number of aromatic amines is 1. The first kappa shape index (κ1) is 13.5. The maximum absolute atomic E-state index is 11.5. The fraction of sp³-hybridized carbons (Fsp3) is 0.667. The van der Waals surface area contributed by atoms with Gasteiger partial charge < -0.3 is 4.74 Å². The number of H-pyrrole nitrogens is 1. The first-order valence-corrected chi connectivity index (χ1v) is 5.82. The molecule has 1 N–H and O–H groups in total. The average Bonchev–Trinajstić information content (AvgIpc) is 2.54. The molecule has 5 nitrogen and oxygen atoms in total. The highest BCUT2D eigenvalue weighted by Gasteiger charge is 2.16. The van der Waals surface area contributed by atoms with Gasteiger partial charge in [-0.05, 0) is 27.2 Å². The van der Waals surface area contributed by atoms with Gasteiger partial charge in [-0.25, -0.2) is 0 Å². The van der Waals surface area contributed by atoms with E-state index in [0.29, 0.717) is 6.54 Å². The first-order valence-electron chi connectivity index (χ1n) is 5.82. The summed E-state index contributed by atoms with van der Waals surface area (Å²) in [5.41, 5.74) is 0.288. The molecule has 1 heterocycles. The minimum Gasteiger partial charge on any atom is -0.460 e. The third-order valence-electron chi connectivity index (χ3n) is 2.18. The van der Waals surface area contributed by atoms with Gasteiger partial charge in [0.25, 0.3) is 5.56 Å². The predicted molar refractivity (Wildman–Crippen MR) is 64.9 cm³/mol. The number of hydrogen-bond donors (Lipinski definition) is 1. The van der Waals surface area contributed by atoms with Gasteiger partial charge in [-0.15, -0.1) is 0 Å². The van der Waals surface area contributed by atoms with Gasteiger partial charge in [0.15, 0.2) is 0 Å². The Morgan fingerprint density at radius 1 is 1.47 bits per heavy atom. The van der Waals surface area contributed by atoms with Crippen LogP contribution in [0.3, 0.4) is 0 Å². The van der Waals surface area contributed by atoms with E-state index in [-0.39, 0.29) is 17.9 Å². The Kier molecular flexibility index (Phi) is 4.15. The monoisotopic (exact) mass is 240 g/mol. The van der Waals surface area contributed by atoms with E-state index in [1.165, 1.54) is 4.68 Å². The van der Waals surface area contributed by atoms with Crippen LogP contribution in [-0.2, 0) is 22.5 Å². The van der Waals surface area contributed by atoms with Crippen LogP contribution in [0.25, 0.3) is 0 Å². The molecular weight excluding hydrogens is 220 g/mol. The number of nitrogens with zero attached hydrogens (tertiary/aromatic N) is 1. The van der Waals surface area contributed by atoms with E-state index in [1.54, 1.807) is 6.07 Å². The molecule has 0 spiro atoms. The third-order valence-corrected chi connectivity index (χ3v) is 2.18. The normalized spacial score (nSPS) is 11.5. The van der Waals surface area contributed by atoms with Crippen LogP contribution in [-0.4, -0.2) is 21.4 Å². The molecule has 0 aliphatic rings. The van der Waals surface area contributed by atoms with Gasteiger partial charge in [-0.1, -0.05) is 6.92 Å². The van der Waals surface area contributed by atoms with Gasteiger partial charge in [0, 0.05) is 11.8 Å². The lowest BCUT2D eigenvalue weighted by Gasteiger charge is -2.19. The fourth-order valence-corrected chi connectivity index (χ4v) is 1.43. The van der Waals surface area contributed by atoms with Gasteiger partial charge in [0.2, 0.25) is 0 Å². The summed E-state index contributed by atoms with van der Waals surface area (Å²) in [7, 11) is 0. The van der Waals surface area contributed by atoms with Crippen molar-refractivity contribution in [1.82, 2.24) is 9.78 Å². The minimum absolute atomic E-state index is 0.106. The average molecular weight is 240 g/mol. The highest BCUT2D eigenvalue weighted by molar-refractivity contribution is 5.69. The number of carbonyl (C=O) groups is 1. The van der Waals surface area contributed by atoms with Crippen molar-refractivity contribution in [2.75, 3.05) is 0 Å². The molecule has 1 aromatic heterocycles. The van der Waals surface area contributed by atoms with Crippen molar-refractivity contribution in [2.24, 2.45) is 0 Å². The number of nitrogens with one attached hydrogen (secondary N) is 1. The van der Waals surface area contributed by atoms with Gasteiger partial charge in [0.1, 0.15) is 5.60 Å². The summed E-state index contributed by atoms with van der Waals surface area (Å²) in [6.45, 7) is 7.75. The predicted octanol–water partition coefficient (Wildman–Crippen LogP) is 1.47. The lowest BCUT2D eigenvalue weighted by Crippen LogP contribution is -2.26. The SMILES string of the molecule is CCc1cc(=O)n(CCC(=O)OC(C)(C)C)[nH]1. The number of carbonyl (C=O) groups excluding carboxylic acids is 1. The molecule has 1 rings (SSSR count). The summed E-state index contributed by atoms with van der Waals surface area (Å²) in [4.78, 5) is 22.9. The molecular formula is C12H20N2O3. The standard InChI is InChI=1S/C12H20N2O3/c1-5-9-8-10(15)14(13-9)7-6-11(16)17-12(2,3)4/h8,13H,5-7H2,1-4H3. The molecule has 0 unspecified atom stereocenters. The molecule has 0 atom stereocenters. The van der Waals surface area contributed by atoms with E-state index in [2.05, 4.69) is 5.10 Å². The number of ether oxygens (including phenoxy) is 1. The Hall–Kier alpha value is -1.52. The van der Waals surface area contributed by atoms with Crippen molar-refractivity contribution in [2.45, 2.75) is 52.7 Å². The largest absolute Gasteiger partial charge is 0.460 e. The van der Waals surface area contributed by atoms with Crippen molar-refractivity contribution < 1.29 is 9.53 Å². The molecule has 0 bridgehead atoms. The van der Waals surface area contributed by atoms with Crippen LogP contribution in [0.5, 0.6) is 0 Å². The van der Waals surface area contributed by atoms with Crippen LogP contribution in [0.4, 0.5) is 0 Å². The molecule has 5 heteroatoms. The van der Waals surface area contributed by atoms with E-state index >= 15 is 0 Å². The van der Waals surface area contributed by atoms with Gasteiger partial charge in [0.05, 0.1) is 13.0 Å². The second-order valence-corrected chi connectivity index (χ2v) is 4.96. The molecule has 0 amide bonds. The third kappa shape index (κ3) is 4.46. The quantitative estimate of drug-likeness (QED) is 0.810. The Morgan fingerprint density at radius 3 is 2.59 bits per heavy atom. The summed E-state index contributed by atoms with van der Waals surface area (Å²) in [6.07, 6.45) is 0.968. The maximum atomic E-state index is 11.5. The van der Waals surface area contributed by atoms with E-state index in [0.717, 1.165) is 12.1 Å². The highest BCUT2D eigenvalue weighted by atomic mass is 16.6. The summed E-state index contributed by atoms with van der Waals surface area (Å²) in [5, 5.41) is 2.95.